The van der Waals surface area contributed by atoms with E-state index in [9.17, 15) is 0 Å². The molecule has 2 heterocycles. The number of piperazine rings is 1. The molecule has 0 bridgehead atoms. The molecule has 1 fully saturated rings. The normalized spacial score (nSPS) is 17.2. The first-order chi connectivity index (χ1) is 10.2. The van der Waals surface area contributed by atoms with Crippen molar-refractivity contribution < 1.29 is 0 Å². The molecule has 0 aliphatic carbocycles. The number of aromatic nitrogens is 4. The second kappa shape index (κ2) is 6.51. The molecule has 0 spiro atoms. The molecule has 6 nitrogen and oxygen atoms in total. The predicted molar refractivity (Wildman–Crippen MR) is 81.6 cm³/mol. The molecule has 0 saturated carbocycles. The lowest BCUT2D eigenvalue weighted by atomic mass is 10.3. The maximum absolute atomic E-state index is 5.98. The van der Waals surface area contributed by atoms with Crippen LogP contribution in [0.5, 0.6) is 0 Å². The number of hydrogen-bond acceptors (Lipinski definition) is 5. The van der Waals surface area contributed by atoms with Crippen LogP contribution in [-0.2, 0) is 6.54 Å². The van der Waals surface area contributed by atoms with E-state index in [0.717, 1.165) is 50.8 Å². The topological polar surface area (TPSA) is 50.1 Å². The lowest BCUT2D eigenvalue weighted by molar-refractivity contribution is 0.129. The number of halogens is 1. The van der Waals surface area contributed by atoms with Crippen LogP contribution in [-0.4, -0.2) is 62.7 Å². The van der Waals surface area contributed by atoms with E-state index < -0.39 is 0 Å². The Morgan fingerprint density at radius 1 is 1.14 bits per heavy atom. The van der Waals surface area contributed by atoms with Gasteiger partial charge < -0.3 is 4.90 Å². The number of hydrogen-bond donors (Lipinski definition) is 0. The van der Waals surface area contributed by atoms with E-state index in [0.29, 0.717) is 5.02 Å². The number of benzene rings is 1. The average Bonchev–Trinajstić information content (AvgIpc) is 2.97. The van der Waals surface area contributed by atoms with Crippen molar-refractivity contribution in [2.75, 3.05) is 32.7 Å². The van der Waals surface area contributed by atoms with Crippen molar-refractivity contribution in [2.24, 2.45) is 0 Å². The third-order valence-electron chi connectivity index (χ3n) is 3.77. The number of nitrogens with zero attached hydrogens (tertiary/aromatic N) is 6. The fraction of sp³-hybridized carbons (Fsp3) is 0.500. The molecule has 1 saturated heterocycles. The first-order valence-corrected chi connectivity index (χ1v) is 7.62. The highest BCUT2D eigenvalue weighted by molar-refractivity contribution is 6.30. The SMILES string of the molecule is CCN1CCN(Cc2nnn(-c3cccc(Cl)c3)n2)CC1. The van der Waals surface area contributed by atoms with Crippen LogP contribution in [0.1, 0.15) is 12.7 Å². The van der Waals surface area contributed by atoms with Gasteiger partial charge in [0.05, 0.1) is 12.2 Å². The molecule has 112 valence electrons. The molecule has 2 aromatic rings. The van der Waals surface area contributed by atoms with Gasteiger partial charge in [-0.15, -0.1) is 15.0 Å². The van der Waals surface area contributed by atoms with Crippen LogP contribution in [0.2, 0.25) is 5.02 Å². The van der Waals surface area contributed by atoms with Gasteiger partial charge in [0.15, 0.2) is 5.82 Å². The van der Waals surface area contributed by atoms with Gasteiger partial charge in [-0.2, -0.15) is 0 Å². The Bertz CT molecular complexity index is 591. The first kappa shape index (κ1) is 14.4. The van der Waals surface area contributed by atoms with E-state index in [1.165, 1.54) is 4.80 Å². The van der Waals surface area contributed by atoms with Gasteiger partial charge in [0.2, 0.25) is 0 Å². The molecule has 21 heavy (non-hydrogen) atoms. The van der Waals surface area contributed by atoms with Crippen molar-refractivity contribution in [3.63, 3.8) is 0 Å². The predicted octanol–water partition coefficient (Wildman–Crippen LogP) is 1.45. The van der Waals surface area contributed by atoms with E-state index >= 15 is 0 Å². The lowest BCUT2D eigenvalue weighted by Gasteiger charge is -2.33. The molecule has 0 amide bonds. The van der Waals surface area contributed by atoms with Gasteiger partial charge in [0.1, 0.15) is 0 Å². The molecule has 7 heteroatoms. The van der Waals surface area contributed by atoms with Crippen molar-refractivity contribution in [1.29, 1.82) is 0 Å². The highest BCUT2D eigenvalue weighted by atomic mass is 35.5. The van der Waals surface area contributed by atoms with Crippen LogP contribution in [0.25, 0.3) is 5.69 Å². The van der Waals surface area contributed by atoms with Gasteiger partial charge in [-0.3, -0.25) is 4.90 Å². The summed E-state index contributed by atoms with van der Waals surface area (Å²) in [6.07, 6.45) is 0. The van der Waals surface area contributed by atoms with Crippen molar-refractivity contribution in [3.05, 3.63) is 35.1 Å². The Hall–Kier alpha value is -1.50. The van der Waals surface area contributed by atoms with Crippen molar-refractivity contribution in [2.45, 2.75) is 13.5 Å². The van der Waals surface area contributed by atoms with Crippen LogP contribution < -0.4 is 0 Å². The molecular weight excluding hydrogens is 288 g/mol. The molecule has 1 aromatic heterocycles. The Morgan fingerprint density at radius 3 is 2.62 bits per heavy atom. The monoisotopic (exact) mass is 306 g/mol. The zero-order valence-electron chi connectivity index (χ0n) is 12.1. The molecule has 3 rings (SSSR count). The fourth-order valence-corrected chi connectivity index (χ4v) is 2.66. The first-order valence-electron chi connectivity index (χ1n) is 7.24. The Kier molecular flexibility index (Phi) is 4.48. The highest BCUT2D eigenvalue weighted by Crippen LogP contribution is 2.13. The summed E-state index contributed by atoms with van der Waals surface area (Å²) in [5.74, 6) is 0.750. The molecular formula is C14H19ClN6. The van der Waals surface area contributed by atoms with Gasteiger partial charge in [-0.25, -0.2) is 0 Å². The van der Waals surface area contributed by atoms with Crippen molar-refractivity contribution >= 4 is 11.6 Å². The zero-order chi connectivity index (χ0) is 14.7. The summed E-state index contributed by atoms with van der Waals surface area (Å²) in [6.45, 7) is 8.40. The minimum Gasteiger partial charge on any atom is -0.301 e. The smallest absolute Gasteiger partial charge is 0.189 e. The number of tetrazole rings is 1. The highest BCUT2D eigenvalue weighted by Gasteiger charge is 2.17. The Balaban J connectivity index is 1.63. The summed E-state index contributed by atoms with van der Waals surface area (Å²) < 4.78 is 0. The molecule has 0 N–H and O–H groups in total. The van der Waals surface area contributed by atoms with Gasteiger partial charge in [0, 0.05) is 31.2 Å². The van der Waals surface area contributed by atoms with Crippen molar-refractivity contribution in [1.82, 2.24) is 30.0 Å². The summed E-state index contributed by atoms with van der Waals surface area (Å²) in [5.41, 5.74) is 0.831. The maximum Gasteiger partial charge on any atom is 0.189 e. The molecule has 1 aromatic carbocycles. The van der Waals surface area contributed by atoms with E-state index in [2.05, 4.69) is 32.1 Å². The minimum atomic E-state index is 0.669. The van der Waals surface area contributed by atoms with Gasteiger partial charge >= 0.3 is 0 Å². The third-order valence-corrected chi connectivity index (χ3v) is 4.01. The van der Waals surface area contributed by atoms with Crippen molar-refractivity contribution in [3.8, 4) is 5.69 Å². The lowest BCUT2D eigenvalue weighted by Crippen LogP contribution is -2.45. The largest absolute Gasteiger partial charge is 0.301 e. The van der Waals surface area contributed by atoms with Crippen LogP contribution in [0, 0.1) is 0 Å². The maximum atomic E-state index is 5.98. The van der Waals surface area contributed by atoms with E-state index in [1.807, 2.05) is 24.3 Å². The molecule has 0 unspecified atom stereocenters. The Morgan fingerprint density at radius 2 is 1.90 bits per heavy atom. The summed E-state index contributed by atoms with van der Waals surface area (Å²) in [6, 6.07) is 7.45. The van der Waals surface area contributed by atoms with E-state index in [1.54, 1.807) is 0 Å². The average molecular weight is 307 g/mol. The van der Waals surface area contributed by atoms with Crippen LogP contribution >= 0.6 is 11.6 Å². The Labute approximate surface area is 129 Å². The number of likely N-dealkylation sites (N-methyl/N-ethyl adjacent to an activating group) is 1. The summed E-state index contributed by atoms with van der Waals surface area (Å²) in [5, 5.41) is 13.3. The van der Waals surface area contributed by atoms with Gasteiger partial charge in [-0.05, 0) is 30.0 Å². The molecule has 1 aliphatic rings. The third kappa shape index (κ3) is 3.58. The van der Waals surface area contributed by atoms with Gasteiger partial charge in [0.25, 0.3) is 0 Å². The van der Waals surface area contributed by atoms with Crippen LogP contribution in [0.3, 0.4) is 0 Å². The summed E-state index contributed by atoms with van der Waals surface area (Å²) in [4.78, 5) is 6.35. The molecule has 0 radical (unpaired) electrons. The number of rotatable bonds is 4. The fourth-order valence-electron chi connectivity index (χ4n) is 2.48. The summed E-state index contributed by atoms with van der Waals surface area (Å²) >= 11 is 5.98. The minimum absolute atomic E-state index is 0.669. The van der Waals surface area contributed by atoms with Crippen LogP contribution in [0.4, 0.5) is 0 Å². The van der Waals surface area contributed by atoms with E-state index in [-0.39, 0.29) is 0 Å². The standard InChI is InChI=1S/C14H19ClN6/c1-2-19-6-8-20(9-7-19)11-14-16-18-21(17-14)13-5-3-4-12(15)10-13/h3-5,10H,2,6-9,11H2,1H3. The summed E-state index contributed by atoms with van der Waals surface area (Å²) in [7, 11) is 0. The molecule has 1 aliphatic heterocycles. The van der Waals surface area contributed by atoms with Crippen LogP contribution in [0.15, 0.2) is 24.3 Å². The second-order valence-corrected chi connectivity index (χ2v) is 5.62. The van der Waals surface area contributed by atoms with Gasteiger partial charge in [-0.1, -0.05) is 24.6 Å². The zero-order valence-corrected chi connectivity index (χ0v) is 12.9. The molecule has 0 atom stereocenters. The van der Waals surface area contributed by atoms with E-state index in [4.69, 9.17) is 11.6 Å². The second-order valence-electron chi connectivity index (χ2n) is 5.19. The quantitative estimate of drug-likeness (QED) is 0.856.